The van der Waals surface area contributed by atoms with Gasteiger partial charge in [0.15, 0.2) is 5.82 Å². The number of amides is 3. The molecule has 312 valence electrons. The number of rotatable bonds is 11. The van der Waals surface area contributed by atoms with Crippen molar-refractivity contribution in [3.8, 4) is 33.9 Å². The molecule has 6 heterocycles. The van der Waals surface area contributed by atoms with Gasteiger partial charge >= 0.3 is 6.09 Å². The number of nitrogens with zero attached hydrogens (tertiary/aromatic N) is 7. The van der Waals surface area contributed by atoms with E-state index >= 15 is 0 Å². The lowest BCUT2D eigenvalue weighted by Gasteiger charge is -2.37. The Morgan fingerprint density at radius 1 is 0.656 bits per heavy atom. The van der Waals surface area contributed by atoms with Crippen molar-refractivity contribution in [2.45, 2.75) is 75.6 Å². The van der Waals surface area contributed by atoms with Crippen molar-refractivity contribution in [2.24, 2.45) is 5.73 Å². The van der Waals surface area contributed by atoms with Gasteiger partial charge in [-0.25, -0.2) is 24.7 Å². The van der Waals surface area contributed by atoms with Crippen molar-refractivity contribution < 1.29 is 19.1 Å². The largest absolute Gasteiger partial charge is 0.428 e. The number of nitrogens with one attached hydrogen (secondary N) is 2. The molecule has 3 amide bonds. The van der Waals surface area contributed by atoms with Crippen LogP contribution in [0.4, 0.5) is 4.79 Å². The monoisotopic (exact) mass is 818 g/mol. The van der Waals surface area contributed by atoms with Crippen LogP contribution in [-0.2, 0) is 19.9 Å². The van der Waals surface area contributed by atoms with E-state index in [1.54, 1.807) is 60.9 Å². The topological polar surface area (TPSA) is 179 Å². The van der Waals surface area contributed by atoms with Gasteiger partial charge in [0.05, 0.1) is 35.9 Å². The van der Waals surface area contributed by atoms with Crippen LogP contribution in [0.25, 0.3) is 33.9 Å². The molecule has 0 aliphatic carbocycles. The first-order valence-corrected chi connectivity index (χ1v) is 21.2. The molecule has 3 aromatic carbocycles. The number of carbonyl (C=O) groups excluding carboxylic acids is 3. The number of ether oxygens (including phenoxy) is 1. The maximum absolute atomic E-state index is 14.4. The number of H-pyrrole nitrogens is 2. The maximum atomic E-state index is 14.4. The SMILES string of the molecule is C[C@](OC(N)=O)(C(=O)N1CCC[C@H]1c1ncc(-c2ccc(-c3ncc(-c4cnc([C@@H]5CCCN5C(=O)[C@@H](c5ccccc5)N5CCCCC5)[nH]4)cn3)cc2)[nH]1)c1ccccc1. The smallest absolute Gasteiger partial charge is 0.405 e. The molecule has 3 saturated heterocycles. The van der Waals surface area contributed by atoms with Gasteiger partial charge in [-0.1, -0.05) is 91.3 Å². The van der Waals surface area contributed by atoms with E-state index < -0.39 is 11.7 Å². The van der Waals surface area contributed by atoms with Gasteiger partial charge in [0.1, 0.15) is 17.7 Å². The molecule has 0 radical (unpaired) electrons. The van der Waals surface area contributed by atoms with Gasteiger partial charge in [0.25, 0.3) is 5.91 Å². The zero-order chi connectivity index (χ0) is 41.9. The summed E-state index contributed by atoms with van der Waals surface area (Å²) in [5, 5.41) is 0. The van der Waals surface area contributed by atoms with Gasteiger partial charge < -0.3 is 30.2 Å². The molecule has 0 saturated carbocycles. The second-order valence-electron chi connectivity index (χ2n) is 16.3. The Morgan fingerprint density at radius 2 is 1.21 bits per heavy atom. The van der Waals surface area contributed by atoms with Crippen LogP contribution in [-0.4, -0.2) is 88.7 Å². The van der Waals surface area contributed by atoms with Gasteiger partial charge in [-0.05, 0) is 69.7 Å². The molecule has 0 unspecified atom stereocenters. The number of hydrogen-bond donors (Lipinski definition) is 3. The number of primary amides is 1. The van der Waals surface area contributed by atoms with Crippen molar-refractivity contribution in [2.75, 3.05) is 26.2 Å². The quantitative estimate of drug-likeness (QED) is 0.119. The lowest BCUT2D eigenvalue weighted by atomic mass is 9.93. The second-order valence-corrected chi connectivity index (χ2v) is 16.3. The molecule has 6 aromatic rings. The number of imidazole rings is 2. The summed E-state index contributed by atoms with van der Waals surface area (Å²) in [4.78, 5) is 72.3. The minimum Gasteiger partial charge on any atom is -0.428 e. The van der Waals surface area contributed by atoms with Crippen LogP contribution < -0.4 is 5.73 Å². The Morgan fingerprint density at radius 3 is 1.84 bits per heavy atom. The molecular weight excluding hydrogens is 769 g/mol. The summed E-state index contributed by atoms with van der Waals surface area (Å²) in [6, 6.07) is 26.3. The highest BCUT2D eigenvalue weighted by atomic mass is 16.6. The fraction of sp³-hybridized carbons (Fsp3) is 0.340. The van der Waals surface area contributed by atoms with E-state index in [2.05, 4.69) is 32.0 Å². The molecule has 0 spiro atoms. The molecular formula is C47H50N10O4. The number of carbonyl (C=O) groups is 3. The van der Waals surface area contributed by atoms with Crippen LogP contribution in [0.3, 0.4) is 0 Å². The van der Waals surface area contributed by atoms with E-state index in [0.717, 1.165) is 84.7 Å². The van der Waals surface area contributed by atoms with Crippen LogP contribution in [0.2, 0.25) is 0 Å². The fourth-order valence-corrected chi connectivity index (χ4v) is 9.27. The first-order valence-electron chi connectivity index (χ1n) is 21.2. The number of benzene rings is 3. The molecule has 61 heavy (non-hydrogen) atoms. The minimum absolute atomic E-state index is 0.125. The zero-order valence-electron chi connectivity index (χ0n) is 34.2. The van der Waals surface area contributed by atoms with Gasteiger partial charge in [-0.15, -0.1) is 0 Å². The maximum Gasteiger partial charge on any atom is 0.405 e. The summed E-state index contributed by atoms with van der Waals surface area (Å²) in [6.07, 6.45) is 12.8. The van der Waals surface area contributed by atoms with Gasteiger partial charge in [0.2, 0.25) is 11.5 Å². The Hall–Kier alpha value is -6.67. The van der Waals surface area contributed by atoms with E-state index in [1.807, 2.05) is 53.4 Å². The van der Waals surface area contributed by atoms with Crippen LogP contribution in [0.5, 0.6) is 0 Å². The molecule has 3 fully saturated rings. The minimum atomic E-state index is -1.58. The summed E-state index contributed by atoms with van der Waals surface area (Å²) in [7, 11) is 0. The highest BCUT2D eigenvalue weighted by Crippen LogP contribution is 2.39. The van der Waals surface area contributed by atoms with E-state index in [-0.39, 0.29) is 29.9 Å². The van der Waals surface area contributed by atoms with Crippen molar-refractivity contribution in [3.63, 3.8) is 0 Å². The molecule has 3 aliphatic heterocycles. The van der Waals surface area contributed by atoms with Gasteiger partial charge in [0, 0.05) is 42.2 Å². The van der Waals surface area contributed by atoms with Crippen molar-refractivity contribution in [1.29, 1.82) is 0 Å². The summed E-state index contributed by atoms with van der Waals surface area (Å²) in [5.41, 5.74) is 9.62. The molecule has 4 N–H and O–H groups in total. The molecule has 14 heteroatoms. The summed E-state index contributed by atoms with van der Waals surface area (Å²) < 4.78 is 5.49. The van der Waals surface area contributed by atoms with Crippen LogP contribution in [0.1, 0.15) is 92.8 Å². The van der Waals surface area contributed by atoms with Gasteiger partial charge in [-0.2, -0.15) is 0 Å². The zero-order valence-corrected chi connectivity index (χ0v) is 34.2. The molecule has 9 rings (SSSR count). The number of aromatic amines is 2. The lowest BCUT2D eigenvalue weighted by Crippen LogP contribution is -2.48. The third kappa shape index (κ3) is 8.02. The average molecular weight is 819 g/mol. The predicted octanol–water partition coefficient (Wildman–Crippen LogP) is 7.49. The van der Waals surface area contributed by atoms with Crippen molar-refractivity contribution in [3.05, 3.63) is 132 Å². The normalized spacial score (nSPS) is 19.7. The molecule has 4 atom stereocenters. The van der Waals surface area contributed by atoms with Crippen LogP contribution >= 0.6 is 0 Å². The third-order valence-corrected chi connectivity index (χ3v) is 12.4. The van der Waals surface area contributed by atoms with E-state index in [1.165, 1.54) is 6.42 Å². The highest BCUT2D eigenvalue weighted by molar-refractivity contribution is 5.89. The molecule has 14 nitrogen and oxygen atoms in total. The summed E-state index contributed by atoms with van der Waals surface area (Å²) in [6.45, 7) is 4.64. The van der Waals surface area contributed by atoms with Crippen molar-refractivity contribution in [1.82, 2.24) is 44.6 Å². The van der Waals surface area contributed by atoms with Crippen LogP contribution in [0, 0.1) is 0 Å². The van der Waals surface area contributed by atoms with E-state index in [4.69, 9.17) is 25.4 Å². The number of nitrogens with two attached hydrogens (primary N) is 1. The van der Waals surface area contributed by atoms with E-state index in [0.29, 0.717) is 36.7 Å². The Bertz CT molecular complexity index is 2470. The average Bonchev–Trinajstić information content (AvgIpc) is 4.15. The molecule has 3 aliphatic rings. The summed E-state index contributed by atoms with van der Waals surface area (Å²) in [5.74, 6) is 1.81. The molecule has 0 bridgehead atoms. The second kappa shape index (κ2) is 17.1. The third-order valence-electron chi connectivity index (χ3n) is 12.4. The number of aromatic nitrogens is 6. The number of hydrogen-bond acceptors (Lipinski definition) is 9. The molecule has 3 aromatic heterocycles. The van der Waals surface area contributed by atoms with Gasteiger partial charge in [-0.3, -0.25) is 14.5 Å². The lowest BCUT2D eigenvalue weighted by molar-refractivity contribution is -0.151. The Kier molecular flexibility index (Phi) is 11.2. The Balaban J connectivity index is 0.867. The fourth-order valence-electron chi connectivity index (χ4n) is 9.27. The van der Waals surface area contributed by atoms with E-state index in [9.17, 15) is 14.4 Å². The number of likely N-dealkylation sites (tertiary alicyclic amines) is 3. The Labute approximate surface area is 354 Å². The summed E-state index contributed by atoms with van der Waals surface area (Å²) >= 11 is 0. The number of piperidine rings is 1. The first-order chi connectivity index (χ1) is 29.8. The predicted molar refractivity (Wildman–Crippen MR) is 229 cm³/mol. The first kappa shape index (κ1) is 39.8. The highest BCUT2D eigenvalue weighted by Gasteiger charge is 2.46. The standard InChI is InChI=1S/C47H50N10O4/c1-47(61-46(48)60,35-15-7-3-8-16-35)45(59)57-26-12-18-39(57)43-51-29-36(53-43)31-19-21-33(22-20-31)41-49-27-34(28-50-41)37-30-52-42(54-37)38-17-11-25-56(38)44(58)40(32-13-5-2-6-14-32)55-23-9-4-10-24-55/h2-3,5-8,13-16,19-22,27-30,38-40H,4,9-12,17-18,23-26H2,1H3,(H2,48,60)(H,51,53)(H,52,54)/t38-,39-,40+,47+/m0/s1. The van der Waals surface area contributed by atoms with Crippen molar-refractivity contribution >= 4 is 17.9 Å². The van der Waals surface area contributed by atoms with Crippen LogP contribution in [0.15, 0.2) is 110 Å².